The monoisotopic (exact) mass is 719 g/mol. The van der Waals surface area contributed by atoms with Crippen LogP contribution < -0.4 is 15.5 Å². The molecule has 51 heavy (non-hydrogen) atoms. The van der Waals surface area contributed by atoms with Crippen molar-refractivity contribution in [2.45, 2.75) is 64.0 Å². The number of esters is 1. The minimum absolute atomic E-state index is 0.0479. The number of aromatic nitrogens is 2. The zero-order valence-electron chi connectivity index (χ0n) is 28.7. The molecule has 1 aliphatic rings. The van der Waals surface area contributed by atoms with Gasteiger partial charge in [0.2, 0.25) is 5.95 Å². The number of nitrogens with zero attached hydrogens (tertiary/aromatic N) is 3. The Hall–Kier alpha value is -4.91. The van der Waals surface area contributed by atoms with E-state index in [2.05, 4.69) is 25.5 Å². The van der Waals surface area contributed by atoms with Crippen LogP contribution in [0.2, 0.25) is 0 Å². The van der Waals surface area contributed by atoms with Crippen molar-refractivity contribution >= 4 is 46.9 Å². The maximum absolute atomic E-state index is 13.7. The van der Waals surface area contributed by atoms with Crippen LogP contribution in [0.25, 0.3) is 11.1 Å². The molecule has 2 heterocycles. The summed E-state index contributed by atoms with van der Waals surface area (Å²) in [6, 6.07) is 17.3. The Morgan fingerprint density at radius 3 is 2.27 bits per heavy atom. The third-order valence-electron chi connectivity index (χ3n) is 7.95. The number of halogens is 3. The molecule has 1 aromatic heterocycles. The van der Waals surface area contributed by atoms with Gasteiger partial charge >= 0.3 is 12.1 Å². The van der Waals surface area contributed by atoms with Crippen molar-refractivity contribution in [3.8, 4) is 11.1 Å². The summed E-state index contributed by atoms with van der Waals surface area (Å²) in [7, 11) is 0. The van der Waals surface area contributed by atoms with Crippen LogP contribution in [-0.4, -0.2) is 52.2 Å². The van der Waals surface area contributed by atoms with Crippen LogP contribution in [0.15, 0.2) is 79.1 Å². The van der Waals surface area contributed by atoms with Gasteiger partial charge in [-0.2, -0.15) is 24.9 Å². The lowest BCUT2D eigenvalue weighted by atomic mass is 10.1. The van der Waals surface area contributed by atoms with Crippen molar-refractivity contribution in [3.05, 3.63) is 101 Å². The zero-order chi connectivity index (χ0) is 36.6. The molecule has 2 amide bonds. The molecular formula is C38H40F3N5O4S. The molecule has 4 aromatic rings. The number of anilines is 3. The van der Waals surface area contributed by atoms with E-state index in [1.54, 1.807) is 42.1 Å². The minimum Gasteiger partial charge on any atom is -0.460 e. The van der Waals surface area contributed by atoms with Gasteiger partial charge in [-0.25, -0.2) is 9.97 Å². The first-order chi connectivity index (χ1) is 24.2. The Morgan fingerprint density at radius 2 is 1.57 bits per heavy atom. The molecule has 0 radical (unpaired) electrons. The molecular weight excluding hydrogens is 680 g/mol. The lowest BCUT2D eigenvalue weighted by molar-refractivity contribution is -0.154. The summed E-state index contributed by atoms with van der Waals surface area (Å²) >= 11 is 1.56. The van der Waals surface area contributed by atoms with E-state index in [1.165, 1.54) is 24.5 Å². The number of amides is 2. The van der Waals surface area contributed by atoms with Crippen LogP contribution in [0.3, 0.4) is 0 Å². The van der Waals surface area contributed by atoms with Crippen molar-refractivity contribution in [2.75, 3.05) is 34.4 Å². The van der Waals surface area contributed by atoms with Gasteiger partial charge in [0, 0.05) is 53.8 Å². The summed E-state index contributed by atoms with van der Waals surface area (Å²) in [5.41, 5.74) is 1.94. The highest BCUT2D eigenvalue weighted by atomic mass is 32.2. The van der Waals surface area contributed by atoms with E-state index in [0.29, 0.717) is 22.6 Å². The molecule has 3 aromatic carbocycles. The van der Waals surface area contributed by atoms with Crippen molar-refractivity contribution in [1.82, 2.24) is 9.97 Å². The first kappa shape index (κ1) is 37.3. The van der Waals surface area contributed by atoms with Crippen LogP contribution in [0, 0.1) is 0 Å². The number of rotatable bonds is 11. The smallest absolute Gasteiger partial charge is 0.416 e. The van der Waals surface area contributed by atoms with Gasteiger partial charge in [0.1, 0.15) is 5.60 Å². The topological polar surface area (TPSA) is 114 Å². The molecule has 0 aliphatic carbocycles. The number of thioether (sulfide) groups is 1. The number of hydrogen-bond acceptors (Lipinski definition) is 8. The molecule has 0 spiro atoms. The van der Waals surface area contributed by atoms with Gasteiger partial charge in [-0.3, -0.25) is 19.7 Å². The number of benzene rings is 3. The molecule has 268 valence electrons. The number of piperidine rings is 1. The van der Waals surface area contributed by atoms with E-state index in [-0.39, 0.29) is 35.2 Å². The van der Waals surface area contributed by atoms with Gasteiger partial charge in [0.05, 0.1) is 23.2 Å². The number of carbonyl (C=O) groups excluding carboxylic acids is 3. The van der Waals surface area contributed by atoms with Crippen LogP contribution in [0.4, 0.5) is 30.5 Å². The summed E-state index contributed by atoms with van der Waals surface area (Å²) < 4.78 is 45.0. The average Bonchev–Trinajstić information content (AvgIpc) is 3.10. The number of hydrogen-bond donors (Lipinski definition) is 2. The number of alkyl halides is 3. The third kappa shape index (κ3) is 10.8. The van der Waals surface area contributed by atoms with Crippen LogP contribution in [0.1, 0.15) is 78.3 Å². The third-order valence-corrected chi connectivity index (χ3v) is 8.98. The first-order valence-corrected chi connectivity index (χ1v) is 17.8. The van der Waals surface area contributed by atoms with E-state index in [9.17, 15) is 27.6 Å². The SMILES string of the molecule is CC(C)(C)OC(=O)CCSCc1cccc(C(=O)Nc2ccc(N3CCCCC3)cc2C(=O)Nc2ncc(-c3cccc(C(F)(F)F)c3)cn2)c1. The molecule has 0 saturated carbocycles. The second kappa shape index (κ2) is 16.4. The predicted molar refractivity (Wildman–Crippen MR) is 194 cm³/mol. The van der Waals surface area contributed by atoms with E-state index in [0.717, 1.165) is 55.7 Å². The fraction of sp³-hybridized carbons (Fsp3) is 0.342. The largest absolute Gasteiger partial charge is 0.460 e. The van der Waals surface area contributed by atoms with E-state index in [4.69, 9.17) is 4.74 Å². The van der Waals surface area contributed by atoms with Crippen molar-refractivity contribution in [3.63, 3.8) is 0 Å². The van der Waals surface area contributed by atoms with Gasteiger partial charge in [0.15, 0.2) is 0 Å². The van der Waals surface area contributed by atoms with Crippen LogP contribution in [0.5, 0.6) is 0 Å². The maximum atomic E-state index is 13.7. The standard InChI is InChI=1S/C38H40F3N5O4S/c1-37(2,3)50-33(47)15-18-51-24-25-9-7-11-27(19-25)34(48)44-32-14-13-30(46-16-5-4-6-17-46)21-31(32)35(49)45-36-42-22-28(23-43-36)26-10-8-12-29(20-26)38(39,40)41/h7-14,19-23H,4-6,15-18,24H2,1-3H3,(H,44,48)(H,42,43,45,49). The van der Waals surface area contributed by atoms with Crippen molar-refractivity contribution in [2.24, 2.45) is 0 Å². The molecule has 0 atom stereocenters. The van der Waals surface area contributed by atoms with E-state index >= 15 is 0 Å². The molecule has 0 bridgehead atoms. The molecule has 13 heteroatoms. The molecule has 1 aliphatic heterocycles. The molecule has 1 saturated heterocycles. The quantitative estimate of drug-likeness (QED) is 0.117. The fourth-order valence-electron chi connectivity index (χ4n) is 5.50. The summed E-state index contributed by atoms with van der Waals surface area (Å²) in [6.07, 6.45) is 1.66. The Balaban J connectivity index is 1.29. The Kier molecular flexibility index (Phi) is 12.0. The van der Waals surface area contributed by atoms with Gasteiger partial charge in [-0.1, -0.05) is 24.3 Å². The first-order valence-electron chi connectivity index (χ1n) is 16.6. The summed E-state index contributed by atoms with van der Waals surface area (Å²) in [4.78, 5) is 49.8. The second-order valence-corrected chi connectivity index (χ2v) is 14.3. The Labute approximate surface area is 299 Å². The highest BCUT2D eigenvalue weighted by molar-refractivity contribution is 7.98. The highest BCUT2D eigenvalue weighted by Gasteiger charge is 2.30. The molecule has 9 nitrogen and oxygen atoms in total. The molecule has 5 rings (SSSR count). The minimum atomic E-state index is -4.49. The predicted octanol–water partition coefficient (Wildman–Crippen LogP) is 8.62. The lowest BCUT2D eigenvalue weighted by Gasteiger charge is -2.29. The zero-order valence-corrected chi connectivity index (χ0v) is 29.5. The van der Waals surface area contributed by atoms with Gasteiger partial charge in [-0.15, -0.1) is 0 Å². The van der Waals surface area contributed by atoms with E-state index < -0.39 is 29.2 Å². The van der Waals surface area contributed by atoms with Gasteiger partial charge < -0.3 is 15.0 Å². The Morgan fingerprint density at radius 1 is 0.843 bits per heavy atom. The number of carbonyl (C=O) groups is 3. The number of nitrogens with one attached hydrogen (secondary N) is 2. The van der Waals surface area contributed by atoms with Crippen molar-refractivity contribution < 1.29 is 32.3 Å². The molecule has 0 unspecified atom stereocenters. The van der Waals surface area contributed by atoms with E-state index in [1.807, 2.05) is 32.9 Å². The maximum Gasteiger partial charge on any atom is 0.416 e. The Bertz CT molecular complexity index is 1860. The lowest BCUT2D eigenvalue weighted by Crippen LogP contribution is -2.29. The summed E-state index contributed by atoms with van der Waals surface area (Å²) in [5, 5.41) is 5.55. The summed E-state index contributed by atoms with van der Waals surface area (Å²) in [6.45, 7) is 7.17. The highest BCUT2D eigenvalue weighted by Crippen LogP contribution is 2.32. The second-order valence-electron chi connectivity index (χ2n) is 13.1. The number of ether oxygens (including phenoxy) is 1. The fourth-order valence-corrected chi connectivity index (χ4v) is 6.37. The molecule has 2 N–H and O–H groups in total. The van der Waals surface area contributed by atoms with Gasteiger partial charge in [-0.05, 0) is 93.6 Å². The van der Waals surface area contributed by atoms with Crippen LogP contribution >= 0.6 is 11.8 Å². The molecule has 1 fully saturated rings. The van der Waals surface area contributed by atoms with Gasteiger partial charge in [0.25, 0.3) is 11.8 Å². The van der Waals surface area contributed by atoms with Crippen molar-refractivity contribution in [1.29, 1.82) is 0 Å². The summed E-state index contributed by atoms with van der Waals surface area (Å²) in [5.74, 6) is -0.107. The average molecular weight is 720 g/mol. The normalized spacial score (nSPS) is 13.4. The van der Waals surface area contributed by atoms with Crippen LogP contribution in [-0.2, 0) is 21.5 Å².